The first-order valence-electron chi connectivity index (χ1n) is 8.67. The van der Waals surface area contributed by atoms with Crippen LogP contribution in [0.2, 0.25) is 0 Å². The molecule has 7 heteroatoms. The minimum absolute atomic E-state index is 0. The first-order chi connectivity index (χ1) is 11.6. The molecule has 1 heterocycles. The van der Waals surface area contributed by atoms with E-state index in [1.54, 1.807) is 11.3 Å². The third kappa shape index (κ3) is 6.80. The van der Waals surface area contributed by atoms with E-state index in [1.807, 2.05) is 36.3 Å². The number of benzene rings is 1. The van der Waals surface area contributed by atoms with Crippen molar-refractivity contribution in [2.75, 3.05) is 18.7 Å². The monoisotopic (exact) mass is 384 g/mol. The molecule has 2 rings (SSSR count). The van der Waals surface area contributed by atoms with Gasteiger partial charge in [0, 0.05) is 13.1 Å². The van der Waals surface area contributed by atoms with E-state index in [0.29, 0.717) is 6.04 Å². The molecule has 25 heavy (non-hydrogen) atoms. The minimum Gasteiger partial charge on any atom is -0.493 e. The van der Waals surface area contributed by atoms with Gasteiger partial charge in [0.1, 0.15) is 5.75 Å². The van der Waals surface area contributed by atoms with Crippen molar-refractivity contribution in [3.63, 3.8) is 0 Å². The molecule has 0 aliphatic rings. The SMILES string of the molecule is CCCCCCOc1ccccc1-c1nnc(N(C)NC(C)C)s1.Cl. The first-order valence-corrected chi connectivity index (χ1v) is 9.49. The Hall–Kier alpha value is -1.37. The molecule has 0 aliphatic carbocycles. The maximum absolute atomic E-state index is 5.98. The molecule has 5 nitrogen and oxygen atoms in total. The van der Waals surface area contributed by atoms with Gasteiger partial charge < -0.3 is 4.74 Å². The van der Waals surface area contributed by atoms with E-state index in [9.17, 15) is 0 Å². The normalized spacial score (nSPS) is 10.6. The summed E-state index contributed by atoms with van der Waals surface area (Å²) in [5.41, 5.74) is 4.31. The Morgan fingerprint density at radius 2 is 1.92 bits per heavy atom. The van der Waals surface area contributed by atoms with Crippen LogP contribution in [-0.2, 0) is 0 Å². The van der Waals surface area contributed by atoms with Gasteiger partial charge in [0.25, 0.3) is 0 Å². The van der Waals surface area contributed by atoms with Crippen LogP contribution in [0.25, 0.3) is 10.6 Å². The van der Waals surface area contributed by atoms with E-state index in [0.717, 1.165) is 34.5 Å². The second-order valence-corrected chi connectivity index (χ2v) is 7.09. The second kappa shape index (κ2) is 11.3. The number of hydrazine groups is 1. The molecule has 140 valence electrons. The summed E-state index contributed by atoms with van der Waals surface area (Å²) in [5, 5.41) is 12.3. The zero-order chi connectivity index (χ0) is 17.4. The lowest BCUT2D eigenvalue weighted by Crippen LogP contribution is -2.39. The molecule has 0 atom stereocenters. The van der Waals surface area contributed by atoms with Gasteiger partial charge in [-0.3, -0.25) is 5.01 Å². The Bertz CT molecular complexity index is 621. The number of nitrogens with one attached hydrogen (secondary N) is 1. The highest BCUT2D eigenvalue weighted by molar-refractivity contribution is 7.18. The Labute approximate surface area is 161 Å². The van der Waals surface area contributed by atoms with Crippen LogP contribution < -0.4 is 15.2 Å². The second-order valence-electron chi connectivity index (χ2n) is 6.14. The van der Waals surface area contributed by atoms with E-state index in [2.05, 4.69) is 36.4 Å². The number of anilines is 1. The van der Waals surface area contributed by atoms with Gasteiger partial charge in [0.15, 0.2) is 5.01 Å². The van der Waals surface area contributed by atoms with Crippen LogP contribution in [0, 0.1) is 0 Å². The Morgan fingerprint density at radius 3 is 2.64 bits per heavy atom. The lowest BCUT2D eigenvalue weighted by molar-refractivity contribution is 0.306. The van der Waals surface area contributed by atoms with Crippen molar-refractivity contribution in [2.24, 2.45) is 0 Å². The predicted molar refractivity (Wildman–Crippen MR) is 109 cm³/mol. The van der Waals surface area contributed by atoms with E-state index < -0.39 is 0 Å². The third-order valence-corrected chi connectivity index (χ3v) is 4.56. The fourth-order valence-electron chi connectivity index (χ4n) is 2.38. The van der Waals surface area contributed by atoms with E-state index in [4.69, 9.17) is 4.74 Å². The predicted octanol–water partition coefficient (Wildman–Crippen LogP) is 4.94. The number of halogens is 1. The molecular weight excluding hydrogens is 356 g/mol. The fraction of sp³-hybridized carbons (Fsp3) is 0.556. The van der Waals surface area contributed by atoms with Gasteiger partial charge in [-0.25, -0.2) is 5.43 Å². The standard InChI is InChI=1S/C18H28N4OS.ClH/c1-5-6-7-10-13-23-16-12-9-8-11-15(16)17-19-20-18(24-17)22(4)21-14(2)3;/h8-9,11-12,14,21H,5-7,10,13H2,1-4H3;1H. The van der Waals surface area contributed by atoms with Gasteiger partial charge in [0.2, 0.25) is 5.13 Å². The topological polar surface area (TPSA) is 50.3 Å². The maximum atomic E-state index is 5.98. The van der Waals surface area contributed by atoms with Gasteiger partial charge in [0.05, 0.1) is 12.2 Å². The molecule has 1 aromatic carbocycles. The summed E-state index contributed by atoms with van der Waals surface area (Å²) in [6.45, 7) is 7.16. The molecule has 0 fully saturated rings. The smallest absolute Gasteiger partial charge is 0.222 e. The lowest BCUT2D eigenvalue weighted by Gasteiger charge is -2.19. The minimum atomic E-state index is 0. The number of hydrogen-bond acceptors (Lipinski definition) is 6. The van der Waals surface area contributed by atoms with Crippen molar-refractivity contribution in [2.45, 2.75) is 52.5 Å². The molecule has 0 saturated carbocycles. The number of nitrogens with zero attached hydrogens (tertiary/aromatic N) is 3. The fourth-order valence-corrected chi connectivity index (χ4v) is 3.19. The quantitative estimate of drug-likeness (QED) is 0.464. The van der Waals surface area contributed by atoms with Crippen molar-refractivity contribution in [1.82, 2.24) is 15.6 Å². The summed E-state index contributed by atoms with van der Waals surface area (Å²) in [6.07, 6.45) is 4.81. The molecule has 0 bridgehead atoms. The molecule has 0 aliphatic heterocycles. The first kappa shape index (κ1) is 21.7. The molecule has 2 aromatic rings. The molecule has 0 saturated heterocycles. The number of para-hydroxylation sites is 1. The van der Waals surface area contributed by atoms with Crippen molar-refractivity contribution in [1.29, 1.82) is 0 Å². The zero-order valence-corrected chi connectivity index (χ0v) is 17.1. The molecule has 0 unspecified atom stereocenters. The van der Waals surface area contributed by atoms with Crippen LogP contribution in [0.4, 0.5) is 5.13 Å². The van der Waals surface area contributed by atoms with Crippen molar-refractivity contribution >= 4 is 28.9 Å². The summed E-state index contributed by atoms with van der Waals surface area (Å²) in [6, 6.07) is 8.41. The average Bonchev–Trinajstić information content (AvgIpc) is 3.04. The third-order valence-electron chi connectivity index (χ3n) is 3.53. The van der Waals surface area contributed by atoms with Crippen molar-refractivity contribution < 1.29 is 4.74 Å². The molecular formula is C18H29ClN4OS. The van der Waals surface area contributed by atoms with E-state index in [1.165, 1.54) is 19.3 Å². The van der Waals surface area contributed by atoms with Crippen LogP contribution in [0.1, 0.15) is 46.5 Å². The molecule has 1 N–H and O–H groups in total. The van der Waals surface area contributed by atoms with Crippen LogP contribution in [0.3, 0.4) is 0 Å². The van der Waals surface area contributed by atoms with Crippen molar-refractivity contribution in [3.05, 3.63) is 24.3 Å². The summed E-state index contributed by atoms with van der Waals surface area (Å²) in [4.78, 5) is 0. The van der Waals surface area contributed by atoms with Gasteiger partial charge in [-0.05, 0) is 32.4 Å². The maximum Gasteiger partial charge on any atom is 0.222 e. The summed E-state index contributed by atoms with van der Waals surface area (Å²) in [7, 11) is 1.96. The van der Waals surface area contributed by atoms with Gasteiger partial charge >= 0.3 is 0 Å². The highest BCUT2D eigenvalue weighted by Gasteiger charge is 2.14. The van der Waals surface area contributed by atoms with Gasteiger partial charge in [-0.15, -0.1) is 22.6 Å². The van der Waals surface area contributed by atoms with Crippen LogP contribution in [-0.4, -0.2) is 29.9 Å². The zero-order valence-electron chi connectivity index (χ0n) is 15.5. The van der Waals surface area contributed by atoms with Gasteiger partial charge in [-0.2, -0.15) is 0 Å². The Morgan fingerprint density at radius 1 is 1.16 bits per heavy atom. The highest BCUT2D eigenvalue weighted by Crippen LogP contribution is 2.34. The van der Waals surface area contributed by atoms with Gasteiger partial charge in [-0.1, -0.05) is 49.7 Å². The Kier molecular flexibility index (Phi) is 9.78. The number of ether oxygens (including phenoxy) is 1. The number of unbranched alkanes of at least 4 members (excludes halogenated alkanes) is 3. The number of hydrogen-bond donors (Lipinski definition) is 1. The molecule has 0 amide bonds. The molecule has 1 aromatic heterocycles. The lowest BCUT2D eigenvalue weighted by atomic mass is 10.2. The number of rotatable bonds is 10. The van der Waals surface area contributed by atoms with Crippen LogP contribution >= 0.6 is 23.7 Å². The highest BCUT2D eigenvalue weighted by atomic mass is 35.5. The van der Waals surface area contributed by atoms with Crippen LogP contribution in [0.15, 0.2) is 24.3 Å². The van der Waals surface area contributed by atoms with Crippen LogP contribution in [0.5, 0.6) is 5.75 Å². The summed E-state index contributed by atoms with van der Waals surface area (Å²) >= 11 is 1.56. The van der Waals surface area contributed by atoms with E-state index in [-0.39, 0.29) is 12.4 Å². The largest absolute Gasteiger partial charge is 0.493 e. The Balaban J connectivity index is 0.00000312. The molecule has 0 spiro atoms. The number of aromatic nitrogens is 2. The van der Waals surface area contributed by atoms with E-state index >= 15 is 0 Å². The average molecular weight is 385 g/mol. The van der Waals surface area contributed by atoms with Crippen molar-refractivity contribution in [3.8, 4) is 16.3 Å². The summed E-state index contributed by atoms with van der Waals surface area (Å²) < 4.78 is 5.98. The molecule has 0 radical (unpaired) electrons. The summed E-state index contributed by atoms with van der Waals surface area (Å²) in [5.74, 6) is 0.885.